The summed E-state index contributed by atoms with van der Waals surface area (Å²) in [4.78, 5) is 32.2. The van der Waals surface area contributed by atoms with Crippen LogP contribution in [0.3, 0.4) is 0 Å². The largest absolute Gasteiger partial charge is 0.489 e. The molecule has 2 atom stereocenters. The zero-order valence-electron chi connectivity index (χ0n) is 23.4. The molecule has 1 aliphatic carbocycles. The molecule has 0 spiro atoms. The Morgan fingerprint density at radius 2 is 1.84 bits per heavy atom. The van der Waals surface area contributed by atoms with Crippen molar-refractivity contribution in [2.75, 3.05) is 25.3 Å². The summed E-state index contributed by atoms with van der Waals surface area (Å²) in [6.45, 7) is 0.670. The number of ether oxygens (including phenoxy) is 3. The van der Waals surface area contributed by atoms with Gasteiger partial charge in [-0.3, -0.25) is 9.59 Å². The highest BCUT2D eigenvalue weighted by Crippen LogP contribution is 2.40. The molecule has 2 aliphatic rings. The molecule has 230 valence electrons. The molecule has 1 aromatic carbocycles. The number of pyridine rings is 1. The number of anilines is 1. The van der Waals surface area contributed by atoms with Crippen LogP contribution in [0.15, 0.2) is 65.5 Å². The Morgan fingerprint density at radius 1 is 1.05 bits per heavy atom. The Balaban J connectivity index is 1.22. The van der Waals surface area contributed by atoms with Crippen molar-refractivity contribution in [1.82, 2.24) is 15.0 Å². The van der Waals surface area contributed by atoms with Gasteiger partial charge in [-0.1, -0.05) is 35.5 Å². The molecule has 13 heteroatoms. The lowest BCUT2D eigenvalue weighted by molar-refractivity contribution is -0.185. The molecule has 2 amide bonds. The first-order chi connectivity index (χ1) is 20.8. The summed E-state index contributed by atoms with van der Waals surface area (Å²) < 4.78 is 62.0. The molecule has 1 saturated carbocycles. The SMILES string of the molecule is O=C(Nc1ccon1)c1ncccc1OC[C@H]1C[C@@H](OCOCc2ccccc2)CN1C(=O)[C@H]1CC[C@H](C(F)(F)F)CC1. The third-order valence-electron chi connectivity index (χ3n) is 7.79. The van der Waals surface area contributed by atoms with Crippen LogP contribution >= 0.6 is 0 Å². The summed E-state index contributed by atoms with van der Waals surface area (Å²) in [6, 6.07) is 13.9. The molecule has 43 heavy (non-hydrogen) atoms. The van der Waals surface area contributed by atoms with Crippen molar-refractivity contribution in [2.45, 2.75) is 57.0 Å². The van der Waals surface area contributed by atoms with Crippen molar-refractivity contribution < 1.29 is 41.5 Å². The second-order valence-electron chi connectivity index (χ2n) is 10.7. The Bertz CT molecular complexity index is 1330. The number of hydrogen-bond acceptors (Lipinski definition) is 8. The fourth-order valence-corrected chi connectivity index (χ4v) is 5.52. The van der Waals surface area contributed by atoms with Crippen LogP contribution in [-0.4, -0.2) is 65.1 Å². The highest BCUT2D eigenvalue weighted by Gasteiger charge is 2.45. The summed E-state index contributed by atoms with van der Waals surface area (Å²) in [5, 5.41) is 6.24. The van der Waals surface area contributed by atoms with Crippen molar-refractivity contribution >= 4 is 17.6 Å². The Labute approximate surface area is 246 Å². The number of hydrogen-bond donors (Lipinski definition) is 1. The van der Waals surface area contributed by atoms with E-state index in [1.54, 1.807) is 17.0 Å². The number of rotatable bonds is 11. The normalized spacial score (nSPS) is 22.3. The van der Waals surface area contributed by atoms with Crippen LogP contribution in [0.1, 0.15) is 48.2 Å². The first-order valence-electron chi connectivity index (χ1n) is 14.2. The maximum Gasteiger partial charge on any atom is 0.391 e. The third kappa shape index (κ3) is 8.11. The predicted molar refractivity (Wildman–Crippen MR) is 147 cm³/mol. The summed E-state index contributed by atoms with van der Waals surface area (Å²) in [5.74, 6) is -2.22. The maximum atomic E-state index is 13.6. The molecular weight excluding hydrogens is 569 g/mol. The number of halogens is 3. The van der Waals surface area contributed by atoms with Gasteiger partial charge < -0.3 is 29.0 Å². The van der Waals surface area contributed by atoms with Crippen molar-refractivity contribution in [1.29, 1.82) is 0 Å². The van der Waals surface area contributed by atoms with Crippen LogP contribution in [0.5, 0.6) is 5.75 Å². The molecule has 2 fully saturated rings. The first-order valence-corrected chi connectivity index (χ1v) is 14.2. The molecule has 10 nitrogen and oxygen atoms in total. The topological polar surface area (TPSA) is 116 Å². The Kier molecular flexibility index (Phi) is 9.93. The number of amides is 2. The minimum absolute atomic E-state index is 0.0147. The average molecular weight is 603 g/mol. The van der Waals surface area contributed by atoms with Crippen molar-refractivity contribution in [2.24, 2.45) is 11.8 Å². The highest BCUT2D eigenvalue weighted by molar-refractivity contribution is 6.04. The lowest BCUT2D eigenvalue weighted by Gasteiger charge is -2.33. The number of nitrogens with one attached hydrogen (secondary N) is 1. The highest BCUT2D eigenvalue weighted by atomic mass is 19.4. The van der Waals surface area contributed by atoms with Crippen LogP contribution in [0.25, 0.3) is 0 Å². The number of carbonyl (C=O) groups excluding carboxylic acids is 2. The maximum absolute atomic E-state index is 13.6. The van der Waals surface area contributed by atoms with Gasteiger partial charge in [0, 0.05) is 24.7 Å². The van der Waals surface area contributed by atoms with Gasteiger partial charge in [-0.2, -0.15) is 13.2 Å². The minimum atomic E-state index is -4.25. The summed E-state index contributed by atoms with van der Waals surface area (Å²) >= 11 is 0. The van der Waals surface area contributed by atoms with Crippen LogP contribution < -0.4 is 10.1 Å². The van der Waals surface area contributed by atoms with E-state index in [4.69, 9.17) is 18.7 Å². The average Bonchev–Trinajstić information content (AvgIpc) is 3.68. The van der Waals surface area contributed by atoms with Crippen molar-refractivity contribution in [3.63, 3.8) is 0 Å². The number of alkyl halides is 3. The van der Waals surface area contributed by atoms with E-state index in [1.807, 2.05) is 30.3 Å². The van der Waals surface area contributed by atoms with Crippen LogP contribution in [0.2, 0.25) is 0 Å². The van der Waals surface area contributed by atoms with Crippen LogP contribution in [0.4, 0.5) is 19.0 Å². The van der Waals surface area contributed by atoms with Crippen molar-refractivity contribution in [3.05, 3.63) is 72.2 Å². The summed E-state index contributed by atoms with van der Waals surface area (Å²) in [7, 11) is 0. The zero-order valence-corrected chi connectivity index (χ0v) is 23.4. The monoisotopic (exact) mass is 602 g/mol. The standard InChI is InChI=1S/C30H33F3N4O6/c31-30(32,33)22-10-8-21(9-11-22)29(39)37-16-24(42-19-40-17-20-5-2-1-3-6-20)15-23(37)18-41-25-7-4-13-34-27(25)28(38)35-26-12-14-43-36-26/h1-7,12-14,21-24H,8-11,15-19H2,(H,35,36,38)/t21-,22-,23-,24-/m1/s1. The summed E-state index contributed by atoms with van der Waals surface area (Å²) in [6.07, 6.45) is -1.20. The molecule has 3 aromatic rings. The van der Waals surface area contributed by atoms with E-state index in [0.29, 0.717) is 13.0 Å². The van der Waals surface area contributed by atoms with E-state index in [0.717, 1.165) is 5.56 Å². The molecule has 5 rings (SSSR count). The van der Waals surface area contributed by atoms with Gasteiger partial charge in [0.05, 0.1) is 24.7 Å². The number of aromatic nitrogens is 2. The second-order valence-corrected chi connectivity index (χ2v) is 10.7. The van der Waals surface area contributed by atoms with E-state index in [-0.39, 0.29) is 74.9 Å². The third-order valence-corrected chi connectivity index (χ3v) is 7.79. The second kappa shape index (κ2) is 14.0. The van der Waals surface area contributed by atoms with Crippen molar-refractivity contribution in [3.8, 4) is 5.75 Å². The molecule has 0 radical (unpaired) electrons. The predicted octanol–water partition coefficient (Wildman–Crippen LogP) is 5.23. The van der Waals surface area contributed by atoms with Gasteiger partial charge in [0.1, 0.15) is 19.7 Å². The smallest absolute Gasteiger partial charge is 0.391 e. The number of likely N-dealkylation sites (tertiary alicyclic amines) is 1. The van der Waals surface area contributed by atoms with Gasteiger partial charge >= 0.3 is 6.18 Å². The number of benzene rings is 1. The van der Waals surface area contributed by atoms with Gasteiger partial charge in [-0.15, -0.1) is 0 Å². The molecule has 0 bridgehead atoms. The molecule has 1 N–H and O–H groups in total. The van der Waals surface area contributed by atoms with Gasteiger partial charge in [0.15, 0.2) is 17.3 Å². The van der Waals surface area contributed by atoms with E-state index >= 15 is 0 Å². The fraction of sp³-hybridized carbons (Fsp3) is 0.467. The number of nitrogens with zero attached hydrogens (tertiary/aromatic N) is 3. The minimum Gasteiger partial charge on any atom is -0.489 e. The Morgan fingerprint density at radius 3 is 2.56 bits per heavy atom. The molecule has 2 aromatic heterocycles. The summed E-state index contributed by atoms with van der Waals surface area (Å²) in [5.41, 5.74) is 1.02. The molecule has 1 saturated heterocycles. The van der Waals surface area contributed by atoms with Gasteiger partial charge in [-0.05, 0) is 49.8 Å². The molecular formula is C30H33F3N4O6. The zero-order chi connectivity index (χ0) is 30.2. The number of carbonyl (C=O) groups is 2. The van der Waals surface area contributed by atoms with Crippen LogP contribution in [-0.2, 0) is 20.9 Å². The lowest BCUT2D eigenvalue weighted by Crippen LogP contribution is -2.44. The van der Waals surface area contributed by atoms with E-state index < -0.39 is 30.0 Å². The fourth-order valence-electron chi connectivity index (χ4n) is 5.52. The van der Waals surface area contributed by atoms with E-state index in [2.05, 4.69) is 15.5 Å². The quantitative estimate of drug-likeness (QED) is 0.234. The van der Waals surface area contributed by atoms with Gasteiger partial charge in [0.2, 0.25) is 5.91 Å². The molecule has 3 heterocycles. The molecule has 1 aliphatic heterocycles. The van der Waals surface area contributed by atoms with E-state index in [9.17, 15) is 22.8 Å². The van der Waals surface area contributed by atoms with Gasteiger partial charge in [0.25, 0.3) is 5.91 Å². The van der Waals surface area contributed by atoms with E-state index in [1.165, 1.54) is 18.5 Å². The van der Waals surface area contributed by atoms with Crippen LogP contribution in [0, 0.1) is 11.8 Å². The Hall–Kier alpha value is -3.97. The lowest BCUT2D eigenvalue weighted by atomic mass is 9.81. The first kappa shape index (κ1) is 30.5. The molecule has 0 unspecified atom stereocenters. The van der Waals surface area contributed by atoms with Gasteiger partial charge in [-0.25, -0.2) is 4.98 Å².